The molecule has 1 amide bonds. The van der Waals surface area contributed by atoms with Crippen LogP contribution in [0.5, 0.6) is 0 Å². The number of fused-ring (bicyclic) bond motifs is 1. The van der Waals surface area contributed by atoms with E-state index in [1.165, 1.54) is 0 Å². The van der Waals surface area contributed by atoms with Gasteiger partial charge < -0.3 is 10.1 Å². The van der Waals surface area contributed by atoms with Crippen LogP contribution in [0.4, 0.5) is 8.78 Å². The largest absolute Gasteiger partial charge is 0.378 e. The average molecular weight is 300 g/mol. The fraction of sp³-hybridized carbons (Fsp3) is 0.462. The monoisotopic (exact) mass is 300 g/mol. The number of hydrogen-bond acceptors (Lipinski definition) is 4. The number of thioether (sulfide) groups is 1. The Morgan fingerprint density at radius 2 is 2.10 bits per heavy atom. The van der Waals surface area contributed by atoms with Gasteiger partial charge in [-0.25, -0.2) is 0 Å². The van der Waals surface area contributed by atoms with E-state index in [-0.39, 0.29) is 18.1 Å². The molecule has 3 rings (SSSR count). The lowest BCUT2D eigenvalue weighted by Gasteiger charge is -2.31. The molecule has 0 radical (unpaired) electrons. The van der Waals surface area contributed by atoms with Crippen LogP contribution in [-0.2, 0) is 9.53 Å². The van der Waals surface area contributed by atoms with E-state index in [1.807, 2.05) is 0 Å². The third-order valence-electron chi connectivity index (χ3n) is 3.50. The molecule has 7 heteroatoms. The second kappa shape index (κ2) is 5.67. The van der Waals surface area contributed by atoms with Crippen molar-refractivity contribution in [2.75, 3.05) is 19.8 Å². The van der Waals surface area contributed by atoms with E-state index in [0.717, 1.165) is 5.56 Å². The fourth-order valence-corrected chi connectivity index (χ4v) is 3.07. The molecule has 2 heterocycles. The van der Waals surface area contributed by atoms with Crippen LogP contribution in [0.15, 0.2) is 29.2 Å². The Morgan fingerprint density at radius 3 is 2.80 bits per heavy atom. The zero-order valence-corrected chi connectivity index (χ0v) is 11.4. The summed E-state index contributed by atoms with van der Waals surface area (Å²) in [5, 5.41) is 2.92. The molecule has 1 N–H and O–H groups in total. The van der Waals surface area contributed by atoms with Crippen molar-refractivity contribution in [1.29, 1.82) is 0 Å². The summed E-state index contributed by atoms with van der Waals surface area (Å²) in [6, 6.07) is 6.64. The minimum absolute atomic E-state index is 0.0410. The molecule has 0 unspecified atom stereocenters. The van der Waals surface area contributed by atoms with Gasteiger partial charge >= 0.3 is 0 Å². The number of carbonyl (C=O) groups excluding carboxylic acids is 1. The number of nitrogens with one attached hydrogen (secondary N) is 1. The lowest BCUT2D eigenvalue weighted by molar-refractivity contribution is -0.125. The first-order valence-corrected chi connectivity index (χ1v) is 7.22. The molecular weight excluding hydrogens is 286 g/mol. The molecule has 0 saturated carbocycles. The van der Waals surface area contributed by atoms with E-state index in [0.29, 0.717) is 36.4 Å². The number of morpholine rings is 1. The van der Waals surface area contributed by atoms with Crippen LogP contribution in [0.25, 0.3) is 0 Å². The molecule has 2 fully saturated rings. The van der Waals surface area contributed by atoms with Gasteiger partial charge in [0, 0.05) is 11.4 Å². The predicted molar refractivity (Wildman–Crippen MR) is 70.5 cm³/mol. The number of rotatable bonds is 3. The van der Waals surface area contributed by atoms with Gasteiger partial charge in [0.05, 0.1) is 13.2 Å². The van der Waals surface area contributed by atoms with Crippen LogP contribution in [0.3, 0.4) is 0 Å². The van der Waals surface area contributed by atoms with Crippen LogP contribution >= 0.6 is 11.8 Å². The summed E-state index contributed by atoms with van der Waals surface area (Å²) in [5.74, 6) is -2.46. The Hall–Kier alpha value is -1.18. The van der Waals surface area contributed by atoms with E-state index < -0.39 is 5.76 Å². The van der Waals surface area contributed by atoms with E-state index in [9.17, 15) is 13.6 Å². The molecule has 1 aromatic rings. The predicted octanol–water partition coefficient (Wildman–Crippen LogP) is 1.83. The number of halogens is 2. The summed E-state index contributed by atoms with van der Waals surface area (Å²) in [6.07, 6.45) is -0.193. The van der Waals surface area contributed by atoms with E-state index in [1.54, 1.807) is 24.3 Å². The molecule has 20 heavy (non-hydrogen) atoms. The van der Waals surface area contributed by atoms with Gasteiger partial charge in [0.1, 0.15) is 12.2 Å². The molecule has 0 aliphatic carbocycles. The van der Waals surface area contributed by atoms with Crippen LogP contribution in [0.1, 0.15) is 11.7 Å². The highest BCUT2D eigenvalue weighted by atomic mass is 32.2. The van der Waals surface area contributed by atoms with Gasteiger partial charge in [-0.15, -0.1) is 0 Å². The minimum Gasteiger partial charge on any atom is -0.378 e. The summed E-state index contributed by atoms with van der Waals surface area (Å²) in [4.78, 5) is 14.4. The Bertz CT molecular complexity index is 498. The van der Waals surface area contributed by atoms with Crippen molar-refractivity contribution in [2.45, 2.75) is 22.9 Å². The maximum absolute atomic E-state index is 12.3. The summed E-state index contributed by atoms with van der Waals surface area (Å²) in [6.45, 7) is 1.69. The van der Waals surface area contributed by atoms with Gasteiger partial charge in [-0.3, -0.25) is 9.69 Å². The maximum atomic E-state index is 12.3. The molecule has 4 nitrogen and oxygen atoms in total. The van der Waals surface area contributed by atoms with Gasteiger partial charge in [-0.2, -0.15) is 8.78 Å². The lowest BCUT2D eigenvalue weighted by Crippen LogP contribution is -2.44. The zero-order chi connectivity index (χ0) is 14.1. The van der Waals surface area contributed by atoms with E-state index in [2.05, 4.69) is 10.2 Å². The van der Waals surface area contributed by atoms with Crippen molar-refractivity contribution >= 4 is 17.7 Å². The second-order valence-electron chi connectivity index (χ2n) is 4.69. The highest BCUT2D eigenvalue weighted by Crippen LogP contribution is 2.30. The fourth-order valence-electron chi connectivity index (χ4n) is 2.57. The van der Waals surface area contributed by atoms with E-state index >= 15 is 0 Å². The van der Waals surface area contributed by atoms with Crippen molar-refractivity contribution in [3.05, 3.63) is 29.8 Å². The lowest BCUT2D eigenvalue weighted by atomic mass is 10.1. The standard InChI is InChI=1S/C13H14F2N2O2S/c14-13(15)20-9-3-1-8(2-4-9)11-16-12(18)10-7-19-6-5-17(10)11/h1-4,10-11,13H,5-7H2,(H,16,18)/t10-,11-/m1/s1. The molecule has 2 aliphatic rings. The topological polar surface area (TPSA) is 41.6 Å². The van der Waals surface area contributed by atoms with Crippen LogP contribution < -0.4 is 5.32 Å². The van der Waals surface area contributed by atoms with Crippen molar-refractivity contribution in [1.82, 2.24) is 10.2 Å². The molecular formula is C13H14F2N2O2S. The third-order valence-corrected chi connectivity index (χ3v) is 4.23. The van der Waals surface area contributed by atoms with Crippen molar-refractivity contribution in [3.63, 3.8) is 0 Å². The molecule has 108 valence electrons. The Labute approximate surface area is 119 Å². The molecule has 0 spiro atoms. The van der Waals surface area contributed by atoms with Crippen LogP contribution in [0.2, 0.25) is 0 Å². The molecule has 0 bridgehead atoms. The van der Waals surface area contributed by atoms with Crippen molar-refractivity contribution in [3.8, 4) is 0 Å². The first kappa shape index (κ1) is 13.8. The second-order valence-corrected chi connectivity index (χ2v) is 5.75. The summed E-state index contributed by atoms with van der Waals surface area (Å²) >= 11 is 0.519. The Kier molecular flexibility index (Phi) is 3.91. The quantitative estimate of drug-likeness (QED) is 0.865. The molecule has 2 atom stereocenters. The van der Waals surface area contributed by atoms with Gasteiger partial charge in [-0.1, -0.05) is 23.9 Å². The molecule has 1 aromatic carbocycles. The number of hydrogen-bond donors (Lipinski definition) is 1. The SMILES string of the molecule is O=C1N[C@@H](c2ccc(SC(F)F)cc2)N2CCOC[C@H]12. The summed E-state index contributed by atoms with van der Waals surface area (Å²) in [7, 11) is 0. The first-order valence-electron chi connectivity index (χ1n) is 6.34. The number of ether oxygens (including phenoxy) is 1. The smallest absolute Gasteiger partial charge is 0.288 e. The molecule has 2 saturated heterocycles. The summed E-state index contributed by atoms with van der Waals surface area (Å²) in [5.41, 5.74) is 0.904. The summed E-state index contributed by atoms with van der Waals surface area (Å²) < 4.78 is 29.9. The normalized spacial score (nSPS) is 26.6. The number of nitrogens with zero attached hydrogens (tertiary/aromatic N) is 1. The van der Waals surface area contributed by atoms with Crippen LogP contribution in [0, 0.1) is 0 Å². The first-order chi connectivity index (χ1) is 9.65. The number of alkyl halides is 2. The number of carbonyl (C=O) groups is 1. The average Bonchev–Trinajstić information content (AvgIpc) is 2.77. The number of amides is 1. The van der Waals surface area contributed by atoms with Crippen LogP contribution in [-0.4, -0.2) is 42.4 Å². The van der Waals surface area contributed by atoms with Gasteiger partial charge in [0.25, 0.3) is 5.76 Å². The Balaban J connectivity index is 1.77. The van der Waals surface area contributed by atoms with Gasteiger partial charge in [0.2, 0.25) is 5.91 Å². The Morgan fingerprint density at radius 1 is 1.35 bits per heavy atom. The van der Waals surface area contributed by atoms with Gasteiger partial charge in [-0.05, 0) is 17.7 Å². The maximum Gasteiger partial charge on any atom is 0.288 e. The van der Waals surface area contributed by atoms with Crippen molar-refractivity contribution in [2.24, 2.45) is 0 Å². The van der Waals surface area contributed by atoms with E-state index in [4.69, 9.17) is 4.74 Å². The molecule has 2 aliphatic heterocycles. The minimum atomic E-state index is -2.42. The highest BCUT2D eigenvalue weighted by Gasteiger charge is 2.42. The molecule has 0 aromatic heterocycles. The van der Waals surface area contributed by atoms with Gasteiger partial charge in [0.15, 0.2) is 0 Å². The van der Waals surface area contributed by atoms with Crippen molar-refractivity contribution < 1.29 is 18.3 Å². The zero-order valence-electron chi connectivity index (χ0n) is 10.6. The third kappa shape index (κ3) is 2.65. The number of benzene rings is 1. The highest BCUT2D eigenvalue weighted by molar-refractivity contribution is 7.99.